The van der Waals surface area contributed by atoms with Gasteiger partial charge in [0.1, 0.15) is 6.10 Å². The van der Waals surface area contributed by atoms with Crippen LogP contribution in [-0.2, 0) is 14.3 Å². The first-order chi connectivity index (χ1) is 14.8. The van der Waals surface area contributed by atoms with E-state index < -0.39 is 28.9 Å². The summed E-state index contributed by atoms with van der Waals surface area (Å²) in [7, 11) is -4.00. The molecule has 31 heavy (non-hydrogen) atoms. The molecule has 0 fully saturated rings. The Labute approximate surface area is 186 Å². The van der Waals surface area contributed by atoms with Crippen LogP contribution in [0.15, 0.2) is 90.0 Å². The molecule has 0 amide bonds. The molecule has 160 valence electrons. The van der Waals surface area contributed by atoms with Crippen molar-refractivity contribution >= 4 is 32.6 Å². The van der Waals surface area contributed by atoms with Gasteiger partial charge in [-0.05, 0) is 54.3 Å². The maximum atomic E-state index is 12.6. The van der Waals surface area contributed by atoms with Gasteiger partial charge in [-0.1, -0.05) is 59.6 Å². The fourth-order valence-corrected chi connectivity index (χ4v) is 4.75. The lowest BCUT2D eigenvalue weighted by molar-refractivity contribution is 0.0785. The SMILES string of the molecule is Cc1ccc(S(=O)(=O)OCC(O)C(c2cccc(Cl)c2)n2ccc3ccccc32)cc1. The Bertz CT molecular complexity index is 1300. The van der Waals surface area contributed by atoms with Crippen LogP contribution in [0.4, 0.5) is 0 Å². The van der Waals surface area contributed by atoms with Gasteiger partial charge in [0.2, 0.25) is 0 Å². The van der Waals surface area contributed by atoms with E-state index in [4.69, 9.17) is 15.8 Å². The van der Waals surface area contributed by atoms with Crippen molar-refractivity contribution in [1.29, 1.82) is 0 Å². The number of hydrogen-bond donors (Lipinski definition) is 1. The van der Waals surface area contributed by atoms with E-state index in [1.807, 2.05) is 54.1 Å². The van der Waals surface area contributed by atoms with Gasteiger partial charge >= 0.3 is 0 Å². The second-order valence-corrected chi connectivity index (χ2v) is 9.45. The van der Waals surface area contributed by atoms with Crippen molar-refractivity contribution in [3.05, 3.63) is 101 Å². The van der Waals surface area contributed by atoms with E-state index in [1.54, 1.807) is 30.3 Å². The fraction of sp³-hybridized carbons (Fsp3) is 0.167. The van der Waals surface area contributed by atoms with Gasteiger partial charge in [0, 0.05) is 16.7 Å². The van der Waals surface area contributed by atoms with Crippen molar-refractivity contribution in [3.63, 3.8) is 0 Å². The molecule has 0 aliphatic carbocycles. The highest BCUT2D eigenvalue weighted by atomic mass is 35.5. The summed E-state index contributed by atoms with van der Waals surface area (Å²) in [5, 5.41) is 12.6. The topological polar surface area (TPSA) is 68.5 Å². The van der Waals surface area contributed by atoms with Crippen LogP contribution in [0.2, 0.25) is 5.02 Å². The average molecular weight is 456 g/mol. The van der Waals surface area contributed by atoms with Crippen LogP contribution < -0.4 is 0 Å². The predicted molar refractivity (Wildman–Crippen MR) is 122 cm³/mol. The molecule has 0 radical (unpaired) electrons. The lowest BCUT2D eigenvalue weighted by Crippen LogP contribution is -2.30. The fourth-order valence-electron chi connectivity index (χ4n) is 3.63. The minimum Gasteiger partial charge on any atom is -0.388 e. The summed E-state index contributed by atoms with van der Waals surface area (Å²) in [6.45, 7) is 1.47. The quantitative estimate of drug-likeness (QED) is 0.400. The number of halogens is 1. The molecule has 0 saturated carbocycles. The zero-order valence-electron chi connectivity index (χ0n) is 16.9. The van der Waals surface area contributed by atoms with Crippen LogP contribution in [0.25, 0.3) is 10.9 Å². The second-order valence-electron chi connectivity index (χ2n) is 7.40. The van der Waals surface area contributed by atoms with Crippen molar-refractivity contribution in [2.24, 2.45) is 0 Å². The highest BCUT2D eigenvalue weighted by Gasteiger charge is 2.27. The number of hydrogen-bond acceptors (Lipinski definition) is 4. The monoisotopic (exact) mass is 455 g/mol. The van der Waals surface area contributed by atoms with Crippen LogP contribution in [-0.4, -0.2) is 30.8 Å². The number of para-hydroxylation sites is 1. The molecular weight excluding hydrogens is 434 g/mol. The minimum absolute atomic E-state index is 0.0519. The summed E-state index contributed by atoms with van der Waals surface area (Å²) in [6.07, 6.45) is 0.725. The molecule has 7 heteroatoms. The van der Waals surface area contributed by atoms with Crippen molar-refractivity contribution in [1.82, 2.24) is 4.57 Å². The number of aryl methyl sites for hydroxylation is 1. The summed E-state index contributed by atoms with van der Waals surface area (Å²) in [5.41, 5.74) is 2.60. The van der Waals surface area contributed by atoms with Gasteiger partial charge in [0.05, 0.1) is 17.5 Å². The van der Waals surface area contributed by atoms with E-state index in [0.717, 1.165) is 22.0 Å². The summed E-state index contributed by atoms with van der Waals surface area (Å²) in [6, 6.07) is 22.7. The lowest BCUT2D eigenvalue weighted by atomic mass is 10.0. The molecular formula is C24H22ClNO4S. The van der Waals surface area contributed by atoms with E-state index in [9.17, 15) is 13.5 Å². The number of aliphatic hydroxyl groups excluding tert-OH is 1. The summed E-state index contributed by atoms with van der Waals surface area (Å²) in [5.74, 6) is 0. The molecule has 2 atom stereocenters. The smallest absolute Gasteiger partial charge is 0.297 e. The summed E-state index contributed by atoms with van der Waals surface area (Å²) < 4.78 is 32.3. The number of aliphatic hydroxyl groups is 1. The summed E-state index contributed by atoms with van der Waals surface area (Å²) >= 11 is 6.20. The van der Waals surface area contributed by atoms with Gasteiger partial charge in [-0.15, -0.1) is 0 Å². The molecule has 0 spiro atoms. The molecule has 0 aliphatic rings. The maximum Gasteiger partial charge on any atom is 0.297 e. The van der Waals surface area contributed by atoms with E-state index in [-0.39, 0.29) is 4.90 Å². The van der Waals surface area contributed by atoms with E-state index in [0.29, 0.717) is 5.02 Å². The average Bonchev–Trinajstić information content (AvgIpc) is 3.17. The summed E-state index contributed by atoms with van der Waals surface area (Å²) in [4.78, 5) is 0.0519. The number of rotatable bonds is 7. The third-order valence-corrected chi connectivity index (χ3v) is 6.72. The molecule has 0 saturated heterocycles. The number of aromatic nitrogens is 1. The Hall–Kier alpha value is -2.64. The second kappa shape index (κ2) is 8.85. The highest BCUT2D eigenvalue weighted by Crippen LogP contribution is 2.30. The zero-order valence-corrected chi connectivity index (χ0v) is 18.4. The molecule has 4 rings (SSSR count). The third-order valence-electron chi connectivity index (χ3n) is 5.19. The zero-order chi connectivity index (χ0) is 22.0. The largest absolute Gasteiger partial charge is 0.388 e. The number of benzene rings is 3. The first-order valence-electron chi connectivity index (χ1n) is 9.80. The molecule has 0 bridgehead atoms. The molecule has 4 aromatic rings. The Morgan fingerprint density at radius 1 is 1.00 bits per heavy atom. The van der Waals surface area contributed by atoms with Gasteiger partial charge < -0.3 is 9.67 Å². The Morgan fingerprint density at radius 3 is 2.48 bits per heavy atom. The van der Waals surface area contributed by atoms with Gasteiger partial charge in [0.15, 0.2) is 0 Å². The Kier molecular flexibility index (Phi) is 6.16. The number of fused-ring (bicyclic) bond motifs is 1. The van der Waals surface area contributed by atoms with Crippen molar-refractivity contribution < 1.29 is 17.7 Å². The maximum absolute atomic E-state index is 12.6. The standard InChI is InChI=1S/C24H22ClNO4S/c1-17-9-11-21(12-10-17)31(28,29)30-16-23(27)24(19-6-4-7-20(25)15-19)26-14-13-18-5-2-3-8-22(18)26/h2-15,23-24,27H,16H2,1H3. The number of nitrogens with zero attached hydrogens (tertiary/aromatic N) is 1. The Balaban J connectivity index is 1.66. The lowest BCUT2D eigenvalue weighted by Gasteiger charge is -2.26. The van der Waals surface area contributed by atoms with Crippen LogP contribution in [0.1, 0.15) is 17.2 Å². The van der Waals surface area contributed by atoms with Crippen LogP contribution in [0, 0.1) is 6.92 Å². The van der Waals surface area contributed by atoms with Gasteiger partial charge in [-0.3, -0.25) is 4.18 Å². The first kappa shape index (κ1) is 21.6. The van der Waals surface area contributed by atoms with Gasteiger partial charge in [-0.25, -0.2) is 0 Å². The van der Waals surface area contributed by atoms with Gasteiger partial charge in [0.25, 0.3) is 10.1 Å². The molecule has 2 unspecified atom stereocenters. The molecule has 5 nitrogen and oxygen atoms in total. The molecule has 1 aromatic heterocycles. The van der Waals surface area contributed by atoms with Crippen LogP contribution in [0.5, 0.6) is 0 Å². The van der Waals surface area contributed by atoms with Crippen LogP contribution in [0.3, 0.4) is 0 Å². The third kappa shape index (κ3) is 4.67. The van der Waals surface area contributed by atoms with Gasteiger partial charge in [-0.2, -0.15) is 8.42 Å². The normalized spacial score (nSPS) is 13.9. The van der Waals surface area contributed by atoms with Crippen LogP contribution >= 0.6 is 11.6 Å². The van der Waals surface area contributed by atoms with Crippen molar-refractivity contribution in [2.45, 2.75) is 24.0 Å². The van der Waals surface area contributed by atoms with E-state index in [2.05, 4.69) is 0 Å². The predicted octanol–water partition coefficient (Wildman–Crippen LogP) is 4.96. The Morgan fingerprint density at radius 2 is 1.74 bits per heavy atom. The van der Waals surface area contributed by atoms with Crippen molar-refractivity contribution in [2.75, 3.05) is 6.61 Å². The minimum atomic E-state index is -4.00. The van der Waals surface area contributed by atoms with Crippen molar-refractivity contribution in [3.8, 4) is 0 Å². The molecule has 1 heterocycles. The van der Waals surface area contributed by atoms with E-state index in [1.165, 1.54) is 12.1 Å². The molecule has 3 aromatic carbocycles. The highest BCUT2D eigenvalue weighted by molar-refractivity contribution is 7.86. The van der Waals surface area contributed by atoms with E-state index >= 15 is 0 Å². The molecule has 0 aliphatic heterocycles. The first-order valence-corrected chi connectivity index (χ1v) is 11.6. The molecule has 1 N–H and O–H groups in total.